The number of rotatable bonds is 3. The minimum absolute atomic E-state index is 0.0435. The number of benzene rings is 1. The van der Waals surface area contributed by atoms with Gasteiger partial charge in [-0.1, -0.05) is 17.3 Å². The molecular weight excluding hydrogens is 340 g/mol. The van der Waals surface area contributed by atoms with Crippen LogP contribution in [0.2, 0.25) is 0 Å². The first-order valence-electron chi connectivity index (χ1n) is 8.61. The number of pyridine rings is 1. The maximum absolute atomic E-state index is 4.74. The molecule has 1 aromatic carbocycles. The molecule has 0 fully saturated rings. The Morgan fingerprint density at radius 2 is 2.00 bits per heavy atom. The Morgan fingerprint density at radius 3 is 2.85 bits per heavy atom. The third-order valence-electron chi connectivity index (χ3n) is 4.67. The van der Waals surface area contributed by atoms with Crippen LogP contribution in [0.5, 0.6) is 0 Å². The zero-order chi connectivity index (χ0) is 18.4. The van der Waals surface area contributed by atoms with Crippen LogP contribution < -0.4 is 0 Å². The van der Waals surface area contributed by atoms with Gasteiger partial charge in [-0.25, -0.2) is 14.6 Å². The Kier molecular flexibility index (Phi) is 3.43. The standard InChI is InChI=1S/C19H16N8/c1-12(13-5-6-16-14(8-13)4-3-7-20-16)27-19-18(24-25-27)21-10-17(23-19)15-9-22-26(2)11-15/h3-12H,1-2H3/t12-/m1/s1. The highest BCUT2D eigenvalue weighted by molar-refractivity contribution is 5.79. The molecule has 4 heterocycles. The molecule has 8 heteroatoms. The van der Waals surface area contributed by atoms with E-state index >= 15 is 0 Å². The molecular formula is C19H16N8. The smallest absolute Gasteiger partial charge is 0.221 e. The molecule has 27 heavy (non-hydrogen) atoms. The molecule has 0 aliphatic rings. The van der Waals surface area contributed by atoms with Crippen LogP contribution in [0.25, 0.3) is 33.5 Å². The van der Waals surface area contributed by atoms with Crippen LogP contribution in [0.3, 0.4) is 0 Å². The highest BCUT2D eigenvalue weighted by Gasteiger charge is 2.17. The number of aryl methyl sites for hydroxylation is 1. The van der Waals surface area contributed by atoms with E-state index in [-0.39, 0.29) is 6.04 Å². The zero-order valence-corrected chi connectivity index (χ0v) is 14.9. The van der Waals surface area contributed by atoms with Crippen molar-refractivity contribution in [3.05, 3.63) is 60.7 Å². The van der Waals surface area contributed by atoms with Gasteiger partial charge in [-0.15, -0.1) is 5.10 Å². The molecule has 0 saturated heterocycles. The van der Waals surface area contributed by atoms with Crippen molar-refractivity contribution in [1.82, 2.24) is 39.7 Å². The Bertz CT molecular complexity index is 1270. The van der Waals surface area contributed by atoms with E-state index < -0.39 is 0 Å². The molecule has 0 aliphatic carbocycles. The molecule has 0 aliphatic heterocycles. The van der Waals surface area contributed by atoms with E-state index in [2.05, 4.69) is 50.5 Å². The van der Waals surface area contributed by atoms with Crippen molar-refractivity contribution in [2.45, 2.75) is 13.0 Å². The van der Waals surface area contributed by atoms with Crippen LogP contribution in [0.15, 0.2) is 55.1 Å². The van der Waals surface area contributed by atoms with Crippen molar-refractivity contribution in [3.8, 4) is 11.3 Å². The SMILES string of the molecule is C[C@H](c1ccc2ncccc2c1)n1nnc2ncc(-c3cnn(C)c3)nc21. The van der Waals surface area contributed by atoms with E-state index in [9.17, 15) is 0 Å². The van der Waals surface area contributed by atoms with Crippen molar-refractivity contribution >= 4 is 22.2 Å². The number of hydrogen-bond donors (Lipinski definition) is 0. The predicted octanol–water partition coefficient (Wildman–Crippen LogP) is 2.78. The molecule has 0 radical (unpaired) electrons. The number of hydrogen-bond acceptors (Lipinski definition) is 6. The number of aromatic nitrogens is 8. The van der Waals surface area contributed by atoms with Crippen molar-refractivity contribution in [2.75, 3.05) is 0 Å². The molecule has 1 atom stereocenters. The summed E-state index contributed by atoms with van der Waals surface area (Å²) in [4.78, 5) is 13.5. The van der Waals surface area contributed by atoms with Gasteiger partial charge in [0.15, 0.2) is 5.65 Å². The fourth-order valence-corrected chi connectivity index (χ4v) is 3.18. The predicted molar refractivity (Wildman–Crippen MR) is 101 cm³/mol. The third-order valence-corrected chi connectivity index (χ3v) is 4.67. The molecule has 0 amide bonds. The van der Waals surface area contributed by atoms with E-state index in [1.54, 1.807) is 28.0 Å². The normalized spacial score (nSPS) is 12.7. The average Bonchev–Trinajstić information content (AvgIpc) is 3.32. The van der Waals surface area contributed by atoms with Crippen LogP contribution in [0, 0.1) is 0 Å². The lowest BCUT2D eigenvalue weighted by molar-refractivity contribution is 0.556. The molecule has 0 unspecified atom stereocenters. The van der Waals surface area contributed by atoms with Gasteiger partial charge in [-0.3, -0.25) is 9.67 Å². The lowest BCUT2D eigenvalue weighted by Gasteiger charge is -2.13. The highest BCUT2D eigenvalue weighted by atomic mass is 15.5. The Labute approximate surface area is 154 Å². The second-order valence-corrected chi connectivity index (χ2v) is 6.47. The Hall–Kier alpha value is -3.68. The monoisotopic (exact) mass is 356 g/mol. The molecule has 0 spiro atoms. The van der Waals surface area contributed by atoms with Gasteiger partial charge in [-0.2, -0.15) is 5.10 Å². The summed E-state index contributed by atoms with van der Waals surface area (Å²) >= 11 is 0. The van der Waals surface area contributed by atoms with Crippen molar-refractivity contribution in [3.63, 3.8) is 0 Å². The van der Waals surface area contributed by atoms with E-state index in [0.29, 0.717) is 11.3 Å². The maximum atomic E-state index is 4.74. The second-order valence-electron chi connectivity index (χ2n) is 6.47. The summed E-state index contributed by atoms with van der Waals surface area (Å²) in [5.74, 6) is 0. The van der Waals surface area contributed by atoms with Crippen LogP contribution in [0.4, 0.5) is 0 Å². The van der Waals surface area contributed by atoms with Crippen molar-refractivity contribution in [1.29, 1.82) is 0 Å². The lowest BCUT2D eigenvalue weighted by atomic mass is 10.1. The minimum atomic E-state index is -0.0435. The fraction of sp³-hybridized carbons (Fsp3) is 0.158. The van der Waals surface area contributed by atoms with E-state index in [1.165, 1.54) is 0 Å². The van der Waals surface area contributed by atoms with Gasteiger partial charge >= 0.3 is 0 Å². The van der Waals surface area contributed by atoms with E-state index in [4.69, 9.17) is 4.98 Å². The molecule has 0 bridgehead atoms. The summed E-state index contributed by atoms with van der Waals surface area (Å²) in [5.41, 5.74) is 4.90. The quantitative estimate of drug-likeness (QED) is 0.494. The molecule has 132 valence electrons. The molecule has 0 saturated carbocycles. The topological polar surface area (TPSA) is 87.2 Å². The van der Waals surface area contributed by atoms with Crippen LogP contribution >= 0.6 is 0 Å². The molecule has 8 nitrogen and oxygen atoms in total. The van der Waals surface area contributed by atoms with Gasteiger partial charge in [-0.05, 0) is 30.7 Å². The van der Waals surface area contributed by atoms with Gasteiger partial charge in [0.2, 0.25) is 5.65 Å². The molecule has 5 aromatic rings. The van der Waals surface area contributed by atoms with E-state index in [0.717, 1.165) is 27.7 Å². The molecule has 5 rings (SSSR count). The fourth-order valence-electron chi connectivity index (χ4n) is 3.18. The summed E-state index contributed by atoms with van der Waals surface area (Å²) in [6.07, 6.45) is 7.17. The van der Waals surface area contributed by atoms with Gasteiger partial charge in [0.05, 0.1) is 29.6 Å². The zero-order valence-electron chi connectivity index (χ0n) is 14.9. The minimum Gasteiger partial charge on any atom is -0.275 e. The number of fused-ring (bicyclic) bond motifs is 2. The largest absolute Gasteiger partial charge is 0.275 e. The highest BCUT2D eigenvalue weighted by Crippen LogP contribution is 2.24. The maximum Gasteiger partial charge on any atom is 0.221 e. The summed E-state index contributed by atoms with van der Waals surface area (Å²) < 4.78 is 3.54. The lowest BCUT2D eigenvalue weighted by Crippen LogP contribution is -2.09. The van der Waals surface area contributed by atoms with Crippen LogP contribution in [0.1, 0.15) is 18.5 Å². The first-order chi connectivity index (χ1) is 13.2. The molecule has 0 N–H and O–H groups in total. The van der Waals surface area contributed by atoms with Crippen LogP contribution in [-0.4, -0.2) is 39.7 Å². The Morgan fingerprint density at radius 1 is 1.07 bits per heavy atom. The third kappa shape index (κ3) is 2.62. The summed E-state index contributed by atoms with van der Waals surface area (Å²) in [5, 5.41) is 13.8. The first kappa shape index (κ1) is 15.6. The second kappa shape index (κ2) is 5.94. The van der Waals surface area contributed by atoms with Gasteiger partial charge in [0, 0.05) is 30.4 Å². The summed E-state index contributed by atoms with van der Waals surface area (Å²) in [6.45, 7) is 2.07. The van der Waals surface area contributed by atoms with Gasteiger partial charge < -0.3 is 0 Å². The Balaban J connectivity index is 1.60. The van der Waals surface area contributed by atoms with Gasteiger partial charge in [0.25, 0.3) is 0 Å². The average molecular weight is 356 g/mol. The van der Waals surface area contributed by atoms with Crippen molar-refractivity contribution < 1.29 is 0 Å². The van der Waals surface area contributed by atoms with Gasteiger partial charge in [0.1, 0.15) is 0 Å². The summed E-state index contributed by atoms with van der Waals surface area (Å²) in [7, 11) is 1.87. The van der Waals surface area contributed by atoms with Crippen molar-refractivity contribution in [2.24, 2.45) is 7.05 Å². The van der Waals surface area contributed by atoms with Crippen LogP contribution in [-0.2, 0) is 7.05 Å². The number of nitrogens with zero attached hydrogens (tertiary/aromatic N) is 8. The molecule has 4 aromatic heterocycles. The summed E-state index contributed by atoms with van der Waals surface area (Å²) in [6, 6.07) is 10.2. The first-order valence-corrected chi connectivity index (χ1v) is 8.61. The van der Waals surface area contributed by atoms with E-state index in [1.807, 2.05) is 25.4 Å².